The number of carbonyl (C=O) groups is 1. The van der Waals surface area contributed by atoms with E-state index in [1.165, 1.54) is 12.8 Å². The van der Waals surface area contributed by atoms with Crippen LogP contribution in [0.3, 0.4) is 0 Å². The second-order valence-electron chi connectivity index (χ2n) is 6.13. The van der Waals surface area contributed by atoms with Gasteiger partial charge in [-0.1, -0.05) is 0 Å². The number of hydrogen-bond acceptors (Lipinski definition) is 5. The zero-order valence-electron chi connectivity index (χ0n) is 13.5. The van der Waals surface area contributed by atoms with Crippen molar-refractivity contribution in [2.75, 3.05) is 50.8 Å². The largest absolute Gasteiger partial charge is 0.381 e. The fraction of sp³-hybridized carbons (Fsp3) is 0.688. The molecule has 1 aliphatic carbocycles. The highest BCUT2D eigenvalue weighted by Crippen LogP contribution is 2.28. The van der Waals surface area contributed by atoms with Gasteiger partial charge in [-0.3, -0.25) is 0 Å². The van der Waals surface area contributed by atoms with Crippen LogP contribution in [-0.2, 0) is 4.74 Å². The van der Waals surface area contributed by atoms with E-state index in [9.17, 15) is 4.79 Å². The van der Waals surface area contributed by atoms with Gasteiger partial charge >= 0.3 is 6.03 Å². The molecule has 0 atom stereocenters. The average molecular weight is 319 g/mol. The predicted octanol–water partition coefficient (Wildman–Crippen LogP) is 1.12. The first-order valence-corrected chi connectivity index (χ1v) is 8.45. The van der Waals surface area contributed by atoms with Crippen LogP contribution in [0.2, 0.25) is 0 Å². The highest BCUT2D eigenvalue weighted by Gasteiger charge is 2.22. The van der Waals surface area contributed by atoms with E-state index in [2.05, 4.69) is 20.2 Å². The summed E-state index contributed by atoms with van der Waals surface area (Å²) in [6.07, 6.45) is 6.99. The molecule has 1 aliphatic heterocycles. The maximum absolute atomic E-state index is 12.1. The molecule has 1 aromatic heterocycles. The monoisotopic (exact) mass is 319 g/mol. The van der Waals surface area contributed by atoms with E-state index >= 15 is 0 Å². The van der Waals surface area contributed by atoms with Gasteiger partial charge in [0, 0.05) is 58.3 Å². The molecule has 0 bridgehead atoms. The smallest absolute Gasteiger partial charge is 0.317 e. The summed E-state index contributed by atoms with van der Waals surface area (Å²) in [6.45, 7) is 5.22. The summed E-state index contributed by atoms with van der Waals surface area (Å²) in [6, 6.07) is 1.82. The molecule has 2 fully saturated rings. The molecule has 0 aromatic carbocycles. The van der Waals surface area contributed by atoms with Crippen LogP contribution in [0.5, 0.6) is 0 Å². The number of carbonyl (C=O) groups excluding carboxylic acids is 1. The van der Waals surface area contributed by atoms with Gasteiger partial charge in [-0.15, -0.1) is 0 Å². The molecule has 2 heterocycles. The van der Waals surface area contributed by atoms with Crippen LogP contribution < -0.4 is 10.2 Å². The van der Waals surface area contributed by atoms with Crippen LogP contribution in [0.15, 0.2) is 18.5 Å². The number of aromatic nitrogens is 2. The molecule has 3 rings (SSSR count). The number of anilines is 1. The molecular formula is C16H25N5O2. The molecule has 7 heteroatoms. The number of nitrogens with zero attached hydrogens (tertiary/aromatic N) is 4. The van der Waals surface area contributed by atoms with Gasteiger partial charge in [0.2, 0.25) is 5.95 Å². The standard InChI is InChI=1S/C16H25N5O2/c22-16(19-7-2-12-23-13-14-3-4-14)21-10-8-20(9-11-21)15-17-5-1-6-18-15/h1,5-6,14H,2-4,7-13H2,(H,19,22). The van der Waals surface area contributed by atoms with Crippen LogP contribution in [0.25, 0.3) is 0 Å². The molecule has 0 spiro atoms. The minimum absolute atomic E-state index is 0.0147. The molecule has 126 valence electrons. The van der Waals surface area contributed by atoms with Crippen LogP contribution in [0, 0.1) is 5.92 Å². The zero-order valence-corrected chi connectivity index (χ0v) is 13.5. The second-order valence-corrected chi connectivity index (χ2v) is 6.13. The van der Waals surface area contributed by atoms with Gasteiger partial charge in [-0.05, 0) is 31.2 Å². The predicted molar refractivity (Wildman–Crippen MR) is 87.4 cm³/mol. The minimum Gasteiger partial charge on any atom is -0.381 e. The number of urea groups is 1. The van der Waals surface area contributed by atoms with E-state index in [0.717, 1.165) is 44.6 Å². The van der Waals surface area contributed by atoms with E-state index < -0.39 is 0 Å². The molecule has 1 N–H and O–H groups in total. The summed E-state index contributed by atoms with van der Waals surface area (Å²) < 4.78 is 5.56. The van der Waals surface area contributed by atoms with E-state index in [1.807, 2.05) is 11.0 Å². The molecule has 2 aliphatic rings. The second kappa shape index (κ2) is 8.10. The highest BCUT2D eigenvalue weighted by atomic mass is 16.5. The number of nitrogens with one attached hydrogen (secondary N) is 1. The molecule has 7 nitrogen and oxygen atoms in total. The van der Waals surface area contributed by atoms with Crippen molar-refractivity contribution < 1.29 is 9.53 Å². The summed E-state index contributed by atoms with van der Waals surface area (Å²) >= 11 is 0. The molecule has 23 heavy (non-hydrogen) atoms. The van der Waals surface area contributed by atoms with E-state index in [-0.39, 0.29) is 6.03 Å². The molecule has 1 saturated carbocycles. The van der Waals surface area contributed by atoms with E-state index in [1.54, 1.807) is 12.4 Å². The van der Waals surface area contributed by atoms with Gasteiger partial charge in [-0.2, -0.15) is 0 Å². The van der Waals surface area contributed by atoms with Gasteiger partial charge in [0.15, 0.2) is 0 Å². The third-order valence-electron chi connectivity index (χ3n) is 4.19. The Morgan fingerprint density at radius 1 is 1.22 bits per heavy atom. The molecule has 0 unspecified atom stereocenters. The lowest BCUT2D eigenvalue weighted by atomic mass is 10.3. The summed E-state index contributed by atoms with van der Waals surface area (Å²) in [7, 11) is 0. The molecule has 1 aromatic rings. The lowest BCUT2D eigenvalue weighted by Gasteiger charge is -2.34. The van der Waals surface area contributed by atoms with Crippen molar-refractivity contribution in [3.05, 3.63) is 18.5 Å². The van der Waals surface area contributed by atoms with Crippen molar-refractivity contribution >= 4 is 12.0 Å². The Labute approximate surface area is 137 Å². The third-order valence-corrected chi connectivity index (χ3v) is 4.19. The Bertz CT molecular complexity index is 487. The lowest BCUT2D eigenvalue weighted by Crippen LogP contribution is -2.52. The van der Waals surface area contributed by atoms with Crippen LogP contribution >= 0.6 is 0 Å². The van der Waals surface area contributed by atoms with Gasteiger partial charge in [-0.25, -0.2) is 14.8 Å². The van der Waals surface area contributed by atoms with E-state index in [4.69, 9.17) is 4.74 Å². The van der Waals surface area contributed by atoms with Gasteiger partial charge in [0.25, 0.3) is 0 Å². The molecule has 2 amide bonds. The third kappa shape index (κ3) is 5.06. The van der Waals surface area contributed by atoms with Gasteiger partial charge in [0.05, 0.1) is 0 Å². The quantitative estimate of drug-likeness (QED) is 0.763. The SMILES string of the molecule is O=C(NCCCOCC1CC1)N1CCN(c2ncccn2)CC1. The maximum atomic E-state index is 12.1. The summed E-state index contributed by atoms with van der Waals surface area (Å²) in [5.74, 6) is 1.54. The Morgan fingerprint density at radius 2 is 1.96 bits per heavy atom. The topological polar surface area (TPSA) is 70.6 Å². The lowest BCUT2D eigenvalue weighted by molar-refractivity contribution is 0.121. The number of rotatable bonds is 7. The maximum Gasteiger partial charge on any atom is 0.317 e. The Balaban J connectivity index is 1.28. The Morgan fingerprint density at radius 3 is 2.65 bits per heavy atom. The van der Waals surface area contributed by atoms with Gasteiger partial charge in [0.1, 0.15) is 0 Å². The number of ether oxygens (including phenoxy) is 1. The van der Waals surface area contributed by atoms with Crippen molar-refractivity contribution in [2.45, 2.75) is 19.3 Å². The fourth-order valence-electron chi connectivity index (χ4n) is 2.58. The van der Waals surface area contributed by atoms with Crippen LogP contribution in [0.1, 0.15) is 19.3 Å². The summed E-state index contributed by atoms with van der Waals surface area (Å²) in [5, 5.41) is 2.97. The average Bonchev–Trinajstić information content (AvgIpc) is 3.43. The Kier molecular flexibility index (Phi) is 5.63. The van der Waals surface area contributed by atoms with Crippen LogP contribution in [0.4, 0.5) is 10.7 Å². The zero-order chi connectivity index (χ0) is 15.9. The van der Waals surface area contributed by atoms with Crippen molar-refractivity contribution in [1.29, 1.82) is 0 Å². The summed E-state index contributed by atoms with van der Waals surface area (Å²) in [5.41, 5.74) is 0. The van der Waals surface area contributed by atoms with Crippen LogP contribution in [-0.4, -0.2) is 66.8 Å². The van der Waals surface area contributed by atoms with Gasteiger partial charge < -0.3 is 19.9 Å². The fourth-order valence-corrected chi connectivity index (χ4v) is 2.58. The van der Waals surface area contributed by atoms with Crippen molar-refractivity contribution in [1.82, 2.24) is 20.2 Å². The first kappa shape index (κ1) is 16.0. The Hall–Kier alpha value is -1.89. The first-order chi connectivity index (χ1) is 11.3. The number of hydrogen-bond donors (Lipinski definition) is 1. The normalized spacial score (nSPS) is 18.1. The minimum atomic E-state index is 0.0147. The number of amides is 2. The molecular weight excluding hydrogens is 294 g/mol. The summed E-state index contributed by atoms with van der Waals surface area (Å²) in [4.78, 5) is 24.6. The van der Waals surface area contributed by atoms with Crippen molar-refractivity contribution in [3.8, 4) is 0 Å². The number of piperazine rings is 1. The van der Waals surface area contributed by atoms with E-state index in [0.29, 0.717) is 19.6 Å². The highest BCUT2D eigenvalue weighted by molar-refractivity contribution is 5.74. The van der Waals surface area contributed by atoms with Crippen molar-refractivity contribution in [2.24, 2.45) is 5.92 Å². The first-order valence-electron chi connectivity index (χ1n) is 8.45. The van der Waals surface area contributed by atoms with Crippen molar-refractivity contribution in [3.63, 3.8) is 0 Å². The molecule has 1 saturated heterocycles. The molecule has 0 radical (unpaired) electrons.